The predicted molar refractivity (Wildman–Crippen MR) is 274 cm³/mol. The van der Waals surface area contributed by atoms with Crippen LogP contribution in [0.2, 0.25) is 0 Å². The summed E-state index contributed by atoms with van der Waals surface area (Å²) in [7, 11) is 0. The number of aromatic nitrogens is 2. The quantitative estimate of drug-likeness (QED) is 0.0337. The number of aryl methyl sites for hydroxylation is 1. The van der Waals surface area contributed by atoms with Crippen LogP contribution in [0.5, 0.6) is 0 Å². The minimum Gasteiger partial charge on any atom is -0.458 e. The van der Waals surface area contributed by atoms with Crippen LogP contribution >= 0.6 is 0 Å². The van der Waals surface area contributed by atoms with Crippen LogP contribution in [0, 0.1) is 24.6 Å². The number of halogens is 1. The minimum absolute atomic E-state index is 0.00868. The van der Waals surface area contributed by atoms with E-state index >= 15 is 4.39 Å². The Hall–Kier alpha value is -7.28. The predicted octanol–water partition coefficient (Wildman–Crippen LogP) is 5.12. The molecule has 1 aliphatic carbocycles. The number of amides is 5. The van der Waals surface area contributed by atoms with E-state index in [2.05, 4.69) is 16.0 Å². The first-order valence-corrected chi connectivity index (χ1v) is 26.5. The average molecular weight is 1050 g/mol. The maximum Gasteiger partial charge on any atom is 0.343 e. The Morgan fingerprint density at radius 3 is 2.34 bits per heavy atom. The van der Waals surface area contributed by atoms with Crippen LogP contribution in [-0.2, 0) is 79.5 Å². The fourth-order valence-electron chi connectivity index (χ4n) is 11.1. The van der Waals surface area contributed by atoms with Gasteiger partial charge in [-0.3, -0.25) is 48.1 Å². The van der Waals surface area contributed by atoms with E-state index in [0.29, 0.717) is 84.1 Å². The molecule has 0 bridgehead atoms. The molecule has 4 atom stereocenters. The minimum atomic E-state index is -2.04. The molecule has 4 aromatic rings. The highest BCUT2D eigenvalue weighted by atomic mass is 19.1. The Balaban J connectivity index is 0.813. The molecule has 5 heterocycles. The Kier molecular flexibility index (Phi) is 17.2. The summed E-state index contributed by atoms with van der Waals surface area (Å²) < 4.78 is 22.1. The van der Waals surface area contributed by atoms with Crippen molar-refractivity contribution >= 4 is 63.8 Å². The lowest BCUT2D eigenvalue weighted by Crippen LogP contribution is -2.44. The van der Waals surface area contributed by atoms with Gasteiger partial charge in [-0.1, -0.05) is 50.6 Å². The van der Waals surface area contributed by atoms with Crippen molar-refractivity contribution in [2.24, 2.45) is 11.8 Å². The molecule has 1 unspecified atom stereocenters. The summed E-state index contributed by atoms with van der Waals surface area (Å²) in [6.07, 6.45) is 3.68. The Bertz CT molecular complexity index is 3080. The highest BCUT2D eigenvalue weighted by Gasteiger charge is 2.46. The topological polar surface area (TPSA) is 257 Å². The summed E-state index contributed by atoms with van der Waals surface area (Å²) in [6, 6.07) is 11.4. The number of hydrogen-bond acceptors (Lipinski definition) is 13. The van der Waals surface area contributed by atoms with Gasteiger partial charge in [0.2, 0.25) is 29.5 Å². The molecule has 4 aliphatic rings. The number of cyclic esters (lactones) is 1. The number of ketones is 3. The van der Waals surface area contributed by atoms with E-state index in [1.54, 1.807) is 32.0 Å². The molecule has 0 spiro atoms. The van der Waals surface area contributed by atoms with E-state index in [1.165, 1.54) is 15.5 Å². The molecule has 1 fully saturated rings. The molecular weight excluding hydrogens is 980 g/mol. The second-order valence-corrected chi connectivity index (χ2v) is 20.5. The van der Waals surface area contributed by atoms with E-state index in [0.717, 1.165) is 11.1 Å². The average Bonchev–Trinajstić information content (AvgIpc) is 3.98. The zero-order valence-electron chi connectivity index (χ0n) is 43.3. The molecular formula is C57H65FN6O12. The molecule has 402 valence electrons. The van der Waals surface area contributed by atoms with Crippen molar-refractivity contribution < 1.29 is 57.4 Å². The lowest BCUT2D eigenvalue weighted by molar-refractivity contribution is -0.172. The van der Waals surface area contributed by atoms with Gasteiger partial charge < -0.3 is 30.4 Å². The van der Waals surface area contributed by atoms with E-state index in [9.17, 15) is 53.1 Å². The van der Waals surface area contributed by atoms with Gasteiger partial charge in [-0.15, -0.1) is 0 Å². The molecule has 3 aliphatic heterocycles. The van der Waals surface area contributed by atoms with Gasteiger partial charge in [0.1, 0.15) is 18.2 Å². The number of rotatable bonds is 25. The first-order valence-electron chi connectivity index (χ1n) is 26.5. The number of pyridine rings is 2. The highest BCUT2D eigenvalue weighted by Crippen LogP contribution is 2.46. The molecule has 0 saturated carbocycles. The SMILES string of the molecule is CCC1CC(=O)N(CCCCCC(=O)CCC(=O)NCC(=O)C[C@@H](Cc2ccccc2)C(=O)NCC(=O)CCCC(=O)N[C@H]2CCc3c(C)c(F)cc4nc5c(c2c34)Cn2c-5cc3c(c2=O)COC(=O)[C@]3(O)CC)C1=O. The Labute approximate surface area is 438 Å². The fourth-order valence-corrected chi connectivity index (χ4v) is 11.1. The zero-order valence-corrected chi connectivity index (χ0v) is 43.3. The third-order valence-electron chi connectivity index (χ3n) is 15.5. The number of esters is 1. The van der Waals surface area contributed by atoms with Crippen molar-refractivity contribution in [3.63, 3.8) is 0 Å². The maximum atomic E-state index is 15.4. The lowest BCUT2D eigenvalue weighted by Gasteiger charge is -2.31. The number of nitrogens with zero attached hydrogens (tertiary/aromatic N) is 3. The summed E-state index contributed by atoms with van der Waals surface area (Å²) in [4.78, 5) is 136. The number of nitrogens with one attached hydrogen (secondary N) is 3. The molecule has 18 nitrogen and oxygen atoms in total. The Morgan fingerprint density at radius 1 is 0.855 bits per heavy atom. The third-order valence-corrected chi connectivity index (χ3v) is 15.5. The first kappa shape index (κ1) is 55.0. The standard InChI is InChI=1S/C57H65FN6O12/c1-4-34-25-49(70)63(54(34)72)22-11-7-10-15-36(65)18-21-47(68)59-29-38(67)24-35(23-33-13-8-6-9-14-33)53(71)60-28-37(66)16-12-17-48(69)61-44-20-19-39-32(3)43(58)27-45-50(39)51(44)40-30-64-46(52(40)62-45)26-42-41(55(64)73)31-76-56(74)57(42,75)5-2/h6,8-9,13-14,26-27,34-35,44,75H,4-5,7,10-12,15-25,28-31H2,1-3H3,(H,59,68)(H,60,71)(H,61,69)/t34?,35-,44+,57+/m1/s1. The van der Waals surface area contributed by atoms with Crippen molar-refractivity contribution in [3.8, 4) is 11.4 Å². The highest BCUT2D eigenvalue weighted by molar-refractivity contribution is 6.03. The number of unbranched alkanes of at least 4 members (excludes halogenated alkanes) is 2. The number of carbonyl (C=O) groups excluding carboxylic acids is 9. The molecule has 2 aromatic carbocycles. The number of imide groups is 1. The normalized spacial score (nSPS) is 18.6. The number of Topliss-reactive ketones (excluding diaryl/α,β-unsaturated/α-hetero) is 3. The number of ether oxygens (including phenoxy) is 1. The molecule has 4 N–H and O–H groups in total. The van der Waals surface area contributed by atoms with E-state index in [-0.39, 0.29) is 137 Å². The molecule has 76 heavy (non-hydrogen) atoms. The van der Waals surface area contributed by atoms with Crippen LogP contribution in [0.25, 0.3) is 22.3 Å². The van der Waals surface area contributed by atoms with E-state index < -0.39 is 52.5 Å². The van der Waals surface area contributed by atoms with Gasteiger partial charge in [-0.2, -0.15) is 0 Å². The van der Waals surface area contributed by atoms with Crippen molar-refractivity contribution in [2.45, 2.75) is 148 Å². The number of likely N-dealkylation sites (tertiary alicyclic amines) is 1. The Morgan fingerprint density at radius 2 is 1.61 bits per heavy atom. The largest absolute Gasteiger partial charge is 0.458 e. The summed E-state index contributed by atoms with van der Waals surface area (Å²) in [5.74, 6) is -4.92. The molecule has 0 radical (unpaired) electrons. The smallest absolute Gasteiger partial charge is 0.343 e. The molecule has 1 saturated heterocycles. The zero-order chi connectivity index (χ0) is 54.4. The summed E-state index contributed by atoms with van der Waals surface area (Å²) in [5.41, 5.74) is 2.23. The molecule has 19 heteroatoms. The van der Waals surface area contributed by atoms with Gasteiger partial charge in [0.05, 0.1) is 48.1 Å². The van der Waals surface area contributed by atoms with Gasteiger partial charge in [0, 0.05) is 85.9 Å². The number of fused-ring (bicyclic) bond motifs is 5. The van der Waals surface area contributed by atoms with E-state index in [1.807, 2.05) is 25.1 Å². The van der Waals surface area contributed by atoms with Gasteiger partial charge in [0.15, 0.2) is 17.2 Å². The van der Waals surface area contributed by atoms with Crippen molar-refractivity contribution in [1.29, 1.82) is 0 Å². The molecule has 2 aromatic heterocycles. The number of carbonyl (C=O) groups is 9. The number of aliphatic hydroxyl groups is 1. The fraction of sp³-hybridized carbons (Fsp3) is 0.491. The maximum absolute atomic E-state index is 15.4. The third kappa shape index (κ3) is 11.7. The van der Waals surface area contributed by atoms with Crippen LogP contribution in [0.4, 0.5) is 4.39 Å². The van der Waals surface area contributed by atoms with Crippen LogP contribution in [0.1, 0.15) is 149 Å². The van der Waals surface area contributed by atoms with Crippen molar-refractivity contribution in [1.82, 2.24) is 30.4 Å². The van der Waals surface area contributed by atoms with Crippen LogP contribution in [0.15, 0.2) is 47.3 Å². The van der Waals surface area contributed by atoms with Gasteiger partial charge in [0.25, 0.3) is 5.56 Å². The van der Waals surface area contributed by atoms with Gasteiger partial charge >= 0.3 is 5.97 Å². The van der Waals surface area contributed by atoms with Gasteiger partial charge in [-0.25, -0.2) is 14.2 Å². The summed E-state index contributed by atoms with van der Waals surface area (Å²) >= 11 is 0. The molecule has 5 amide bonds. The number of benzene rings is 2. The van der Waals surface area contributed by atoms with Gasteiger partial charge in [-0.05, 0) is 86.6 Å². The summed E-state index contributed by atoms with van der Waals surface area (Å²) in [5, 5.41) is 20.4. The second-order valence-electron chi connectivity index (χ2n) is 20.5. The van der Waals surface area contributed by atoms with E-state index in [4.69, 9.17) is 9.72 Å². The van der Waals surface area contributed by atoms with Crippen LogP contribution in [-0.4, -0.2) is 92.0 Å². The second kappa shape index (κ2) is 23.7. The monoisotopic (exact) mass is 1040 g/mol. The van der Waals surface area contributed by atoms with Crippen molar-refractivity contribution in [2.75, 3.05) is 19.6 Å². The molecule has 8 rings (SSSR count). The first-order chi connectivity index (χ1) is 36.4. The lowest BCUT2D eigenvalue weighted by atomic mass is 9.81. The van der Waals surface area contributed by atoms with Crippen molar-refractivity contribution in [3.05, 3.63) is 97.6 Å². The number of hydrogen-bond donors (Lipinski definition) is 4. The van der Waals surface area contributed by atoms with Crippen LogP contribution in [0.3, 0.4) is 0 Å². The summed E-state index contributed by atoms with van der Waals surface area (Å²) in [6.45, 7) is 4.61. The van der Waals surface area contributed by atoms with Crippen LogP contribution < -0.4 is 21.5 Å².